The van der Waals surface area contributed by atoms with Crippen molar-refractivity contribution in [2.45, 2.75) is 140 Å². The predicted molar refractivity (Wildman–Crippen MR) is 192 cm³/mol. The molecule has 0 bridgehead atoms. The van der Waals surface area contributed by atoms with Gasteiger partial charge in [0, 0.05) is 18.7 Å². The Labute approximate surface area is 259 Å². The van der Waals surface area contributed by atoms with Crippen LogP contribution in [0.3, 0.4) is 0 Å². The van der Waals surface area contributed by atoms with Crippen molar-refractivity contribution >= 4 is 0 Å². The van der Waals surface area contributed by atoms with Crippen LogP contribution in [0.2, 0.25) is 0 Å². The van der Waals surface area contributed by atoms with Crippen LogP contribution in [0, 0.1) is 11.8 Å². The highest BCUT2D eigenvalue weighted by Crippen LogP contribution is 2.31. The number of hydrogen-bond acceptors (Lipinski definition) is 2. The molecule has 0 unspecified atom stereocenters. The number of rotatable bonds is 18. The van der Waals surface area contributed by atoms with E-state index in [2.05, 4.69) is 103 Å². The van der Waals surface area contributed by atoms with Crippen molar-refractivity contribution in [2.75, 3.05) is 13.1 Å². The number of nitrogens with one attached hydrogen (secondary N) is 1. The number of hydrogen-bond donors (Lipinski definition) is 2. The molecule has 0 amide bonds. The summed E-state index contributed by atoms with van der Waals surface area (Å²) < 4.78 is 0. The molecule has 0 aliphatic heterocycles. The van der Waals surface area contributed by atoms with E-state index in [0.29, 0.717) is 11.8 Å². The van der Waals surface area contributed by atoms with Crippen LogP contribution in [-0.4, -0.2) is 13.1 Å². The minimum absolute atomic E-state index is 0.589. The molecule has 0 aliphatic carbocycles. The molecule has 1 rings (SSSR count). The van der Waals surface area contributed by atoms with Gasteiger partial charge in [0.1, 0.15) is 0 Å². The molecule has 1 aromatic carbocycles. The van der Waals surface area contributed by atoms with Crippen LogP contribution in [0.25, 0.3) is 0 Å². The number of allylic oxidation sites excluding steroid dienone is 7. The maximum Gasteiger partial charge on any atom is 0.0143 e. The Hall–Kier alpha value is -2.06. The summed E-state index contributed by atoms with van der Waals surface area (Å²) in [6, 6.07) is 10.4. The van der Waals surface area contributed by atoms with Gasteiger partial charge in [0.05, 0.1) is 0 Å². The second kappa shape index (κ2) is 32.5. The molecule has 0 aliphatic rings. The molecule has 2 heteroatoms. The zero-order valence-electron chi connectivity index (χ0n) is 29.5. The van der Waals surface area contributed by atoms with Gasteiger partial charge in [0.2, 0.25) is 0 Å². The van der Waals surface area contributed by atoms with Crippen LogP contribution in [0.5, 0.6) is 0 Å². The van der Waals surface area contributed by atoms with E-state index in [-0.39, 0.29) is 0 Å². The monoisotopic (exact) mass is 569 g/mol. The summed E-state index contributed by atoms with van der Waals surface area (Å²) in [4.78, 5) is 0. The molecular weight excluding hydrogens is 496 g/mol. The Morgan fingerprint density at radius 1 is 0.878 bits per heavy atom. The van der Waals surface area contributed by atoms with E-state index < -0.39 is 0 Å². The topological polar surface area (TPSA) is 38.0 Å². The highest BCUT2D eigenvalue weighted by atomic mass is 14.9. The summed E-state index contributed by atoms with van der Waals surface area (Å²) in [5.41, 5.74) is 12.6. The number of unbranched alkanes of at least 4 members (excludes halogenated alkanes) is 2. The van der Waals surface area contributed by atoms with Crippen LogP contribution in [0.15, 0.2) is 77.6 Å². The summed E-state index contributed by atoms with van der Waals surface area (Å²) in [6.07, 6.45) is 19.1. The first-order chi connectivity index (χ1) is 19.8. The van der Waals surface area contributed by atoms with Gasteiger partial charge in [-0.1, -0.05) is 149 Å². The molecule has 2 nitrogen and oxygen atoms in total. The molecule has 0 heterocycles. The summed E-state index contributed by atoms with van der Waals surface area (Å²) >= 11 is 0. The zero-order valence-corrected chi connectivity index (χ0v) is 29.5. The first kappa shape index (κ1) is 43.4. The van der Waals surface area contributed by atoms with Gasteiger partial charge in [-0.05, 0) is 80.5 Å². The Kier molecular flexibility index (Phi) is 34.3. The van der Waals surface area contributed by atoms with E-state index in [9.17, 15) is 0 Å². The largest absolute Gasteiger partial charge is 0.389 e. The van der Waals surface area contributed by atoms with E-state index >= 15 is 0 Å². The van der Waals surface area contributed by atoms with Crippen LogP contribution >= 0.6 is 0 Å². The normalized spacial score (nSPS) is 11.6. The molecule has 0 saturated carbocycles. The molecule has 0 aromatic heterocycles. The fourth-order valence-corrected chi connectivity index (χ4v) is 4.48. The Bertz CT molecular complexity index is 777. The third-order valence-corrected chi connectivity index (χ3v) is 6.62. The maximum absolute atomic E-state index is 5.65. The lowest BCUT2D eigenvalue weighted by atomic mass is 9.83. The molecule has 238 valence electrons. The van der Waals surface area contributed by atoms with E-state index in [0.717, 1.165) is 44.5 Å². The van der Waals surface area contributed by atoms with Gasteiger partial charge in [0.25, 0.3) is 0 Å². The van der Waals surface area contributed by atoms with Crippen molar-refractivity contribution in [3.63, 3.8) is 0 Å². The van der Waals surface area contributed by atoms with Gasteiger partial charge in [-0.2, -0.15) is 0 Å². The molecule has 0 radical (unpaired) electrons. The van der Waals surface area contributed by atoms with E-state index in [1.165, 1.54) is 55.2 Å². The van der Waals surface area contributed by atoms with Gasteiger partial charge in [-0.25, -0.2) is 0 Å². The first-order valence-corrected chi connectivity index (χ1v) is 17.1. The summed E-state index contributed by atoms with van der Waals surface area (Å²) in [5.74, 6) is 1.28. The minimum Gasteiger partial charge on any atom is -0.389 e. The van der Waals surface area contributed by atoms with Gasteiger partial charge < -0.3 is 11.1 Å². The van der Waals surface area contributed by atoms with Crippen molar-refractivity contribution in [3.8, 4) is 0 Å². The van der Waals surface area contributed by atoms with E-state index in [1.807, 2.05) is 33.8 Å². The molecule has 0 saturated heterocycles. The van der Waals surface area contributed by atoms with Crippen LogP contribution in [-0.2, 0) is 6.42 Å². The van der Waals surface area contributed by atoms with Crippen LogP contribution < -0.4 is 11.1 Å². The molecule has 1 aromatic rings. The Morgan fingerprint density at radius 3 is 1.93 bits per heavy atom. The Morgan fingerprint density at radius 2 is 1.46 bits per heavy atom. The lowest BCUT2D eigenvalue weighted by Crippen LogP contribution is -2.15. The molecule has 0 fully saturated rings. The summed E-state index contributed by atoms with van der Waals surface area (Å²) in [6.45, 7) is 29.8. The second-order valence-electron chi connectivity index (χ2n) is 10.5. The second-order valence-corrected chi connectivity index (χ2v) is 10.5. The van der Waals surface area contributed by atoms with Crippen molar-refractivity contribution < 1.29 is 0 Å². The highest BCUT2D eigenvalue weighted by Gasteiger charge is 2.15. The molecule has 41 heavy (non-hydrogen) atoms. The SMILES string of the molecule is C=C(Cc1ccccc1)NCCCC.CC.CC.CC\C=C(/C=C(\C(C)=C/CCCN)C(CCC)CCC)C(C)C. The van der Waals surface area contributed by atoms with Gasteiger partial charge in [-0.15, -0.1) is 0 Å². The standard InChI is InChI=1S/C22H41N.C13H19N.2C2H6/c1-7-12-20(13-8-2)22(19(6)15-10-11-16-23)17-21(14-9-3)18(4)5;1-3-4-10-14-12(2)11-13-8-6-5-7-9-13;2*1-2/h14-15,17-18,20H,7-13,16,23H2,1-6H3;5-9,14H,2-4,10-11H2,1H3;2*1-2H3/b19-15-,21-14+,22-17+;;;. The molecule has 0 atom stereocenters. The third-order valence-electron chi connectivity index (χ3n) is 6.62. The first-order valence-electron chi connectivity index (χ1n) is 17.1. The van der Waals surface area contributed by atoms with Crippen molar-refractivity contribution in [1.82, 2.24) is 5.32 Å². The highest BCUT2D eigenvalue weighted by molar-refractivity contribution is 5.38. The molecule has 3 N–H and O–H groups in total. The predicted octanol–water partition coefficient (Wildman–Crippen LogP) is 12.0. The fourth-order valence-electron chi connectivity index (χ4n) is 4.48. The third kappa shape index (κ3) is 24.3. The van der Waals surface area contributed by atoms with Crippen molar-refractivity contribution in [1.29, 1.82) is 0 Å². The molecular formula is C39H72N2. The Balaban J connectivity index is -0.000000681. The average Bonchev–Trinajstić information content (AvgIpc) is 2.98. The lowest BCUT2D eigenvalue weighted by molar-refractivity contribution is 0.507. The smallest absolute Gasteiger partial charge is 0.0143 e. The summed E-state index contributed by atoms with van der Waals surface area (Å²) in [7, 11) is 0. The number of nitrogens with two attached hydrogens (primary N) is 1. The fraction of sp³-hybridized carbons (Fsp3) is 0.641. The summed E-state index contributed by atoms with van der Waals surface area (Å²) in [5, 5.41) is 3.34. The quantitative estimate of drug-likeness (QED) is 0.136. The van der Waals surface area contributed by atoms with Crippen LogP contribution in [0.4, 0.5) is 0 Å². The lowest BCUT2D eigenvalue weighted by Gasteiger charge is -2.22. The van der Waals surface area contributed by atoms with Crippen LogP contribution in [0.1, 0.15) is 140 Å². The zero-order chi connectivity index (χ0) is 31.9. The minimum atomic E-state index is 0.589. The van der Waals surface area contributed by atoms with E-state index in [1.54, 1.807) is 5.57 Å². The van der Waals surface area contributed by atoms with Gasteiger partial charge in [-0.3, -0.25) is 0 Å². The van der Waals surface area contributed by atoms with Crippen molar-refractivity contribution in [2.24, 2.45) is 17.6 Å². The van der Waals surface area contributed by atoms with Gasteiger partial charge in [0.15, 0.2) is 0 Å². The van der Waals surface area contributed by atoms with Crippen molar-refractivity contribution in [3.05, 3.63) is 83.1 Å². The number of benzene rings is 1. The molecule has 0 spiro atoms. The van der Waals surface area contributed by atoms with Gasteiger partial charge >= 0.3 is 0 Å². The maximum atomic E-state index is 5.65. The average molecular weight is 569 g/mol. The van der Waals surface area contributed by atoms with E-state index in [4.69, 9.17) is 5.73 Å².